The van der Waals surface area contributed by atoms with Gasteiger partial charge in [0.05, 0.1) is 23.3 Å². The summed E-state index contributed by atoms with van der Waals surface area (Å²) < 4.78 is 14.8. The van der Waals surface area contributed by atoms with Crippen LogP contribution < -0.4 is 15.9 Å². The number of fused-ring (bicyclic) bond motifs is 2. The maximum absolute atomic E-state index is 13.4. The van der Waals surface area contributed by atoms with Gasteiger partial charge in [-0.05, 0) is 36.9 Å². The van der Waals surface area contributed by atoms with Gasteiger partial charge in [-0.2, -0.15) is 0 Å². The first kappa shape index (κ1) is 23.5. The molecule has 3 aromatic rings. The Hall–Kier alpha value is -3.12. The van der Waals surface area contributed by atoms with Gasteiger partial charge in [0.25, 0.3) is 11.1 Å². The van der Waals surface area contributed by atoms with Crippen molar-refractivity contribution < 1.29 is 9.47 Å². The molecule has 0 fully saturated rings. The maximum atomic E-state index is 13.4. The molecule has 2 aromatic heterocycles. The number of pyridine rings is 2. The molecule has 0 bridgehead atoms. The zero-order valence-electron chi connectivity index (χ0n) is 19.8. The summed E-state index contributed by atoms with van der Waals surface area (Å²) in [6.45, 7) is 8.69. The van der Waals surface area contributed by atoms with Crippen molar-refractivity contribution in [3.05, 3.63) is 80.0 Å². The van der Waals surface area contributed by atoms with E-state index in [2.05, 4.69) is 0 Å². The summed E-state index contributed by atoms with van der Waals surface area (Å²) in [4.78, 5) is 26.2. The lowest BCUT2D eigenvalue weighted by atomic mass is 9.92. The number of para-hydroxylation sites is 1. The number of hydrogen-bond acceptors (Lipinski definition) is 4. The molecule has 1 aliphatic rings. The Morgan fingerprint density at radius 2 is 1.88 bits per heavy atom. The molecule has 1 unspecified atom stereocenters. The summed E-state index contributed by atoms with van der Waals surface area (Å²) in [6, 6.07) is 11.6. The molecule has 0 saturated heterocycles. The lowest BCUT2D eigenvalue weighted by Crippen LogP contribution is -2.32. The fourth-order valence-electron chi connectivity index (χ4n) is 4.10. The molecular formula is C26H32N2O4. The molecule has 0 spiro atoms. The monoisotopic (exact) mass is 436 g/mol. The number of benzene rings is 1. The number of hydrogen-bond donors (Lipinski definition) is 0. The highest BCUT2D eigenvalue weighted by atomic mass is 16.5. The number of aryl methyl sites for hydroxylation is 1. The Labute approximate surface area is 188 Å². The number of ether oxygens (including phenoxy) is 2. The van der Waals surface area contributed by atoms with Crippen LogP contribution in [0.2, 0.25) is 0 Å². The number of rotatable bonds is 4. The molecule has 6 heteroatoms. The van der Waals surface area contributed by atoms with Crippen molar-refractivity contribution in [1.29, 1.82) is 0 Å². The molecule has 0 amide bonds. The second-order valence-corrected chi connectivity index (χ2v) is 7.62. The smallest absolute Gasteiger partial charge is 0.261 e. The maximum Gasteiger partial charge on any atom is 0.261 e. The minimum Gasteiger partial charge on any atom is -0.484 e. The van der Waals surface area contributed by atoms with Crippen LogP contribution in [0.5, 0.6) is 5.75 Å². The van der Waals surface area contributed by atoms with Gasteiger partial charge >= 0.3 is 0 Å². The molecule has 1 aromatic carbocycles. The van der Waals surface area contributed by atoms with Gasteiger partial charge < -0.3 is 18.6 Å². The minimum absolute atomic E-state index is 0.0763. The molecule has 6 nitrogen and oxygen atoms in total. The van der Waals surface area contributed by atoms with Gasteiger partial charge in [0.15, 0.2) is 0 Å². The quantitative estimate of drug-likeness (QED) is 0.599. The molecule has 4 rings (SSSR count). The molecule has 0 aliphatic carbocycles. The molecule has 0 saturated carbocycles. The van der Waals surface area contributed by atoms with Crippen LogP contribution in [0.3, 0.4) is 0 Å². The van der Waals surface area contributed by atoms with Gasteiger partial charge in [-0.3, -0.25) is 9.59 Å². The van der Waals surface area contributed by atoms with Gasteiger partial charge in [-0.25, -0.2) is 0 Å². The summed E-state index contributed by atoms with van der Waals surface area (Å²) in [7, 11) is 3.38. The molecular weight excluding hydrogens is 404 g/mol. The number of nitrogens with zero attached hydrogens (tertiary/aromatic N) is 2. The predicted octanol–water partition coefficient (Wildman–Crippen LogP) is 4.61. The second-order valence-electron chi connectivity index (χ2n) is 7.62. The normalized spacial score (nSPS) is 16.3. The number of aromatic nitrogens is 2. The van der Waals surface area contributed by atoms with Crippen LogP contribution in [0.15, 0.2) is 52.1 Å². The zero-order valence-corrected chi connectivity index (χ0v) is 19.8. The molecule has 1 atom stereocenters. The van der Waals surface area contributed by atoms with E-state index in [0.29, 0.717) is 36.4 Å². The van der Waals surface area contributed by atoms with Gasteiger partial charge in [0.2, 0.25) is 0 Å². The van der Waals surface area contributed by atoms with E-state index in [4.69, 9.17) is 9.47 Å². The average molecular weight is 437 g/mol. The van der Waals surface area contributed by atoms with Crippen molar-refractivity contribution in [2.24, 2.45) is 7.05 Å². The van der Waals surface area contributed by atoms with Crippen molar-refractivity contribution in [2.75, 3.05) is 13.7 Å². The first-order chi connectivity index (χ1) is 15.5. The van der Waals surface area contributed by atoms with Gasteiger partial charge in [0.1, 0.15) is 11.9 Å². The lowest BCUT2D eigenvalue weighted by molar-refractivity contribution is 0.184. The van der Waals surface area contributed by atoms with Crippen molar-refractivity contribution >= 4 is 16.5 Å². The van der Waals surface area contributed by atoms with Crippen LogP contribution in [0.1, 0.15) is 50.1 Å². The van der Waals surface area contributed by atoms with E-state index in [1.54, 1.807) is 23.3 Å². The first-order valence-electron chi connectivity index (χ1n) is 11.1. The van der Waals surface area contributed by atoms with E-state index < -0.39 is 6.10 Å². The first-order valence-corrected chi connectivity index (χ1v) is 11.1. The van der Waals surface area contributed by atoms with E-state index in [9.17, 15) is 9.59 Å². The van der Waals surface area contributed by atoms with E-state index >= 15 is 0 Å². The Balaban J connectivity index is 0.00000141. The van der Waals surface area contributed by atoms with E-state index in [-0.39, 0.29) is 11.1 Å². The summed E-state index contributed by atoms with van der Waals surface area (Å²) in [5, 5.41) is 0.972. The van der Waals surface area contributed by atoms with Crippen molar-refractivity contribution in [3.8, 4) is 5.75 Å². The van der Waals surface area contributed by atoms with Crippen LogP contribution in [0, 0.1) is 6.92 Å². The Kier molecular flexibility index (Phi) is 7.36. The Morgan fingerprint density at radius 1 is 1.16 bits per heavy atom. The van der Waals surface area contributed by atoms with Gasteiger partial charge in [-0.15, -0.1) is 0 Å². The minimum atomic E-state index is -0.457. The van der Waals surface area contributed by atoms with Crippen LogP contribution in [0.4, 0.5) is 0 Å². The standard InChI is InChI=1S/C24H26N2O4.C2H6/c1-5-16-14-20(30-21-12-15(2)25(3)24(28)22(16)21)18-13-17-8-6-7-9-19(17)26(23(18)27)10-11-29-4;1-2/h5-9,12-13,20H,10-11,14H2,1-4H3;1-2H3/b16-5+;. The Morgan fingerprint density at radius 3 is 2.56 bits per heavy atom. The average Bonchev–Trinajstić information content (AvgIpc) is 2.82. The topological polar surface area (TPSA) is 62.5 Å². The highest BCUT2D eigenvalue weighted by Gasteiger charge is 2.30. The molecule has 32 heavy (non-hydrogen) atoms. The summed E-state index contributed by atoms with van der Waals surface area (Å²) in [5.74, 6) is 0.538. The van der Waals surface area contributed by atoms with Crippen molar-refractivity contribution in [2.45, 2.75) is 46.8 Å². The van der Waals surface area contributed by atoms with E-state index in [0.717, 1.165) is 22.2 Å². The van der Waals surface area contributed by atoms with Crippen molar-refractivity contribution in [1.82, 2.24) is 9.13 Å². The SMILES string of the molecule is C/C=C1\CC(c2cc3ccccc3n(CCOC)c2=O)Oc2cc(C)n(C)c(=O)c21.CC. The largest absolute Gasteiger partial charge is 0.484 e. The van der Waals surface area contributed by atoms with Crippen molar-refractivity contribution in [3.63, 3.8) is 0 Å². The van der Waals surface area contributed by atoms with Crippen LogP contribution in [-0.2, 0) is 18.3 Å². The number of allylic oxidation sites excluding steroid dienone is 1. The molecule has 3 heterocycles. The molecule has 1 aliphatic heterocycles. The van der Waals surface area contributed by atoms with Crippen LogP contribution in [0.25, 0.3) is 16.5 Å². The highest BCUT2D eigenvalue weighted by Crippen LogP contribution is 2.39. The summed E-state index contributed by atoms with van der Waals surface area (Å²) in [5.41, 5.74) is 3.59. The highest BCUT2D eigenvalue weighted by molar-refractivity contribution is 5.80. The van der Waals surface area contributed by atoms with Gasteiger partial charge in [-0.1, -0.05) is 38.1 Å². The molecule has 0 N–H and O–H groups in total. The third-order valence-electron chi connectivity index (χ3n) is 5.87. The third kappa shape index (κ3) is 4.15. The predicted molar refractivity (Wildman–Crippen MR) is 129 cm³/mol. The zero-order chi connectivity index (χ0) is 23.4. The fourth-order valence-corrected chi connectivity index (χ4v) is 4.10. The molecule has 170 valence electrons. The molecule has 0 radical (unpaired) electrons. The van der Waals surface area contributed by atoms with E-state index in [1.165, 1.54) is 0 Å². The van der Waals surface area contributed by atoms with Crippen LogP contribution >= 0.6 is 0 Å². The van der Waals surface area contributed by atoms with E-state index in [1.807, 2.05) is 70.2 Å². The lowest BCUT2D eigenvalue weighted by Gasteiger charge is -2.29. The van der Waals surface area contributed by atoms with Crippen LogP contribution in [-0.4, -0.2) is 22.9 Å². The fraction of sp³-hybridized carbons (Fsp3) is 0.385. The van der Waals surface area contributed by atoms with Gasteiger partial charge in [0, 0.05) is 38.9 Å². The number of methoxy groups -OCH3 is 1. The Bertz CT molecular complexity index is 1270. The third-order valence-corrected chi connectivity index (χ3v) is 5.87. The summed E-state index contributed by atoms with van der Waals surface area (Å²) >= 11 is 0. The second kappa shape index (κ2) is 10.0. The summed E-state index contributed by atoms with van der Waals surface area (Å²) in [6.07, 6.45) is 1.95.